The van der Waals surface area contributed by atoms with E-state index in [1.54, 1.807) is 19.2 Å². The monoisotopic (exact) mass is 278 g/mol. The summed E-state index contributed by atoms with van der Waals surface area (Å²) in [5.41, 5.74) is 7.05. The highest BCUT2D eigenvalue weighted by molar-refractivity contribution is 5.41. The Morgan fingerprint density at radius 1 is 1.35 bits per heavy atom. The highest BCUT2D eigenvalue weighted by Crippen LogP contribution is 2.35. The molecule has 1 aliphatic heterocycles. The first-order chi connectivity index (χ1) is 9.54. The molecule has 4 nitrogen and oxygen atoms in total. The average molecular weight is 278 g/mol. The number of rotatable bonds is 4. The van der Waals surface area contributed by atoms with Gasteiger partial charge in [-0.05, 0) is 51.4 Å². The minimum atomic E-state index is 0.140. The van der Waals surface area contributed by atoms with Crippen molar-refractivity contribution in [2.75, 3.05) is 13.7 Å². The molecule has 0 aromatic heterocycles. The summed E-state index contributed by atoms with van der Waals surface area (Å²) < 4.78 is 5.27. The molecular formula is C16H26N2O2. The lowest BCUT2D eigenvalue weighted by atomic mass is 9.93. The number of phenols is 1. The van der Waals surface area contributed by atoms with Crippen LogP contribution in [0.2, 0.25) is 0 Å². The quantitative estimate of drug-likeness (QED) is 0.889. The van der Waals surface area contributed by atoms with E-state index in [1.807, 2.05) is 6.07 Å². The Morgan fingerprint density at radius 3 is 2.75 bits per heavy atom. The molecule has 1 aromatic carbocycles. The maximum atomic E-state index is 10.1. The fourth-order valence-electron chi connectivity index (χ4n) is 3.20. The van der Waals surface area contributed by atoms with Gasteiger partial charge in [0.1, 0.15) is 11.5 Å². The molecule has 0 aliphatic carbocycles. The summed E-state index contributed by atoms with van der Waals surface area (Å²) in [6, 6.07) is 6.07. The Bertz CT molecular complexity index is 448. The van der Waals surface area contributed by atoms with Gasteiger partial charge < -0.3 is 15.6 Å². The number of piperidine rings is 1. The number of methoxy groups -OCH3 is 1. The number of phenolic OH excluding ortho intramolecular Hbond substituents is 1. The summed E-state index contributed by atoms with van der Waals surface area (Å²) in [5.74, 6) is 1.10. The zero-order chi connectivity index (χ0) is 14.7. The van der Waals surface area contributed by atoms with Crippen LogP contribution in [-0.4, -0.2) is 35.7 Å². The Kier molecular flexibility index (Phi) is 4.89. The van der Waals surface area contributed by atoms with Crippen molar-refractivity contribution in [3.8, 4) is 11.5 Å². The molecule has 1 heterocycles. The number of ether oxygens (including phenoxy) is 1. The van der Waals surface area contributed by atoms with Crippen LogP contribution in [0.15, 0.2) is 18.2 Å². The number of benzene rings is 1. The highest BCUT2D eigenvalue weighted by atomic mass is 16.5. The van der Waals surface area contributed by atoms with E-state index in [-0.39, 0.29) is 12.1 Å². The second-order valence-electron chi connectivity index (χ2n) is 5.76. The van der Waals surface area contributed by atoms with Gasteiger partial charge in [-0.15, -0.1) is 0 Å². The van der Waals surface area contributed by atoms with Crippen molar-refractivity contribution in [3.05, 3.63) is 23.8 Å². The molecular weight excluding hydrogens is 252 g/mol. The SMILES string of the molecule is COc1ccc(O)c(C(C)N2CCCCC2C(C)N)c1. The molecule has 3 N–H and O–H groups in total. The number of nitrogens with zero attached hydrogens (tertiary/aromatic N) is 1. The molecule has 1 fully saturated rings. The average Bonchev–Trinajstić information content (AvgIpc) is 2.47. The second kappa shape index (κ2) is 6.46. The van der Waals surface area contributed by atoms with Gasteiger partial charge in [0.25, 0.3) is 0 Å². The molecule has 112 valence electrons. The van der Waals surface area contributed by atoms with E-state index < -0.39 is 0 Å². The van der Waals surface area contributed by atoms with Gasteiger partial charge in [-0.3, -0.25) is 4.90 Å². The number of likely N-dealkylation sites (tertiary alicyclic amines) is 1. The van der Waals surface area contributed by atoms with E-state index in [0.717, 1.165) is 24.3 Å². The molecule has 3 atom stereocenters. The minimum absolute atomic E-state index is 0.140. The van der Waals surface area contributed by atoms with Crippen molar-refractivity contribution in [3.63, 3.8) is 0 Å². The Hall–Kier alpha value is -1.26. The van der Waals surface area contributed by atoms with Crippen LogP contribution >= 0.6 is 0 Å². The smallest absolute Gasteiger partial charge is 0.120 e. The fraction of sp³-hybridized carbons (Fsp3) is 0.625. The first-order valence-electron chi connectivity index (χ1n) is 7.42. The van der Waals surface area contributed by atoms with Gasteiger partial charge in [-0.1, -0.05) is 6.42 Å². The van der Waals surface area contributed by atoms with E-state index in [9.17, 15) is 5.11 Å². The highest BCUT2D eigenvalue weighted by Gasteiger charge is 2.30. The third-order valence-electron chi connectivity index (χ3n) is 4.38. The summed E-state index contributed by atoms with van der Waals surface area (Å²) in [4.78, 5) is 2.42. The molecule has 1 aromatic rings. The Labute approximate surface area is 121 Å². The van der Waals surface area contributed by atoms with Crippen molar-refractivity contribution in [1.29, 1.82) is 0 Å². The van der Waals surface area contributed by atoms with Crippen LogP contribution in [0.3, 0.4) is 0 Å². The van der Waals surface area contributed by atoms with Crippen molar-refractivity contribution < 1.29 is 9.84 Å². The van der Waals surface area contributed by atoms with Gasteiger partial charge in [0.15, 0.2) is 0 Å². The number of hydrogen-bond donors (Lipinski definition) is 2. The molecule has 1 saturated heterocycles. The van der Waals surface area contributed by atoms with E-state index in [1.165, 1.54) is 12.8 Å². The lowest BCUT2D eigenvalue weighted by Crippen LogP contribution is -2.49. The largest absolute Gasteiger partial charge is 0.508 e. The Morgan fingerprint density at radius 2 is 2.10 bits per heavy atom. The van der Waals surface area contributed by atoms with Crippen molar-refractivity contribution >= 4 is 0 Å². The first-order valence-corrected chi connectivity index (χ1v) is 7.42. The predicted octanol–water partition coefficient (Wildman–Crippen LogP) is 2.66. The van der Waals surface area contributed by atoms with Crippen molar-refractivity contribution in [1.82, 2.24) is 4.90 Å². The van der Waals surface area contributed by atoms with E-state index in [0.29, 0.717) is 11.8 Å². The third kappa shape index (κ3) is 3.07. The molecule has 0 saturated carbocycles. The molecule has 0 bridgehead atoms. The lowest BCUT2D eigenvalue weighted by Gasteiger charge is -2.42. The molecule has 4 heteroatoms. The second-order valence-corrected chi connectivity index (χ2v) is 5.76. The topological polar surface area (TPSA) is 58.7 Å². The normalized spacial score (nSPS) is 23.3. The molecule has 0 radical (unpaired) electrons. The number of hydrogen-bond acceptors (Lipinski definition) is 4. The molecule has 0 spiro atoms. The minimum Gasteiger partial charge on any atom is -0.508 e. The van der Waals surface area contributed by atoms with E-state index >= 15 is 0 Å². The van der Waals surface area contributed by atoms with Crippen LogP contribution in [-0.2, 0) is 0 Å². The fourth-order valence-corrected chi connectivity index (χ4v) is 3.20. The maximum Gasteiger partial charge on any atom is 0.120 e. The van der Waals surface area contributed by atoms with Gasteiger partial charge in [-0.25, -0.2) is 0 Å². The molecule has 0 amide bonds. The van der Waals surface area contributed by atoms with Gasteiger partial charge >= 0.3 is 0 Å². The summed E-state index contributed by atoms with van der Waals surface area (Å²) in [5, 5.41) is 10.1. The summed E-state index contributed by atoms with van der Waals surface area (Å²) in [6.45, 7) is 5.24. The van der Waals surface area contributed by atoms with Crippen LogP contribution in [0.5, 0.6) is 11.5 Å². The van der Waals surface area contributed by atoms with Crippen LogP contribution in [0.4, 0.5) is 0 Å². The van der Waals surface area contributed by atoms with Gasteiger partial charge in [0.2, 0.25) is 0 Å². The molecule has 1 aliphatic rings. The zero-order valence-electron chi connectivity index (χ0n) is 12.7. The van der Waals surface area contributed by atoms with Crippen LogP contribution in [0.1, 0.15) is 44.7 Å². The molecule has 20 heavy (non-hydrogen) atoms. The predicted molar refractivity (Wildman–Crippen MR) is 81.1 cm³/mol. The number of aromatic hydroxyl groups is 1. The van der Waals surface area contributed by atoms with Crippen LogP contribution in [0, 0.1) is 0 Å². The van der Waals surface area contributed by atoms with Crippen LogP contribution in [0.25, 0.3) is 0 Å². The number of nitrogens with two attached hydrogens (primary N) is 1. The first kappa shape index (κ1) is 15.1. The van der Waals surface area contributed by atoms with Crippen molar-refractivity contribution in [2.24, 2.45) is 5.73 Å². The van der Waals surface area contributed by atoms with Gasteiger partial charge in [0.05, 0.1) is 7.11 Å². The standard InChI is InChI=1S/C16H26N2O2/c1-11(17)15-6-4-5-9-18(15)12(2)14-10-13(20-3)7-8-16(14)19/h7-8,10-12,15,19H,4-6,9,17H2,1-3H3. The lowest BCUT2D eigenvalue weighted by molar-refractivity contribution is 0.0877. The van der Waals surface area contributed by atoms with E-state index in [4.69, 9.17) is 10.5 Å². The summed E-state index contributed by atoms with van der Waals surface area (Å²) in [7, 11) is 1.65. The third-order valence-corrected chi connectivity index (χ3v) is 4.38. The Balaban J connectivity index is 2.26. The zero-order valence-corrected chi connectivity index (χ0v) is 12.7. The van der Waals surface area contributed by atoms with Crippen LogP contribution < -0.4 is 10.5 Å². The van der Waals surface area contributed by atoms with E-state index in [2.05, 4.69) is 18.7 Å². The van der Waals surface area contributed by atoms with Gasteiger partial charge in [0, 0.05) is 23.7 Å². The molecule has 3 unspecified atom stereocenters. The van der Waals surface area contributed by atoms with Gasteiger partial charge in [-0.2, -0.15) is 0 Å². The summed E-state index contributed by atoms with van der Waals surface area (Å²) in [6.07, 6.45) is 3.56. The maximum absolute atomic E-state index is 10.1. The summed E-state index contributed by atoms with van der Waals surface area (Å²) >= 11 is 0. The molecule has 2 rings (SSSR count). The van der Waals surface area contributed by atoms with Crippen molar-refractivity contribution in [2.45, 2.75) is 51.2 Å².